The molecular formula is C16H15ClFNO2. The molecule has 1 atom stereocenters. The largest absolute Gasteiger partial charge is 0.507 e. The van der Waals surface area contributed by atoms with Crippen LogP contribution >= 0.6 is 11.6 Å². The number of aliphatic imine (C=N–C) groups is 1. The van der Waals surface area contributed by atoms with Crippen molar-refractivity contribution in [2.45, 2.75) is 13.0 Å². The summed E-state index contributed by atoms with van der Waals surface area (Å²) in [6.07, 6.45) is -0.636. The van der Waals surface area contributed by atoms with Gasteiger partial charge < -0.3 is 10.2 Å². The monoisotopic (exact) mass is 307 g/mol. The number of hydrogen-bond donors (Lipinski definition) is 2. The molecule has 0 bridgehead atoms. The smallest absolute Gasteiger partial charge is 0.125 e. The van der Waals surface area contributed by atoms with E-state index in [-0.39, 0.29) is 17.9 Å². The van der Waals surface area contributed by atoms with Crippen LogP contribution in [0.25, 0.3) is 0 Å². The molecule has 2 N–H and O–H groups in total. The van der Waals surface area contributed by atoms with Gasteiger partial charge in [0.25, 0.3) is 0 Å². The third-order valence-electron chi connectivity index (χ3n) is 2.85. The van der Waals surface area contributed by atoms with Crippen LogP contribution in [0.3, 0.4) is 0 Å². The number of nitrogens with zero attached hydrogens (tertiary/aromatic N) is 1. The lowest BCUT2D eigenvalue weighted by Crippen LogP contribution is -2.10. The summed E-state index contributed by atoms with van der Waals surface area (Å²) in [4.78, 5) is 4.29. The van der Waals surface area contributed by atoms with E-state index in [1.54, 1.807) is 31.2 Å². The molecule has 2 aromatic rings. The van der Waals surface area contributed by atoms with Crippen molar-refractivity contribution in [3.05, 3.63) is 64.4 Å². The lowest BCUT2D eigenvalue weighted by atomic mass is 10.0. The first-order valence-corrected chi connectivity index (χ1v) is 6.82. The van der Waals surface area contributed by atoms with E-state index in [1.165, 1.54) is 18.2 Å². The Hall–Kier alpha value is -1.91. The number of hydrogen-bond acceptors (Lipinski definition) is 3. The standard InChI is InChI=1S/C16H15ClFNO2/c1-10(20)9-19-16(11-2-4-12(17)5-3-11)14-8-13(18)6-7-15(14)21/h2-8,10,20-21H,9H2,1H3. The highest BCUT2D eigenvalue weighted by Crippen LogP contribution is 2.23. The maximum absolute atomic E-state index is 13.4. The zero-order valence-corrected chi connectivity index (χ0v) is 12.2. The van der Waals surface area contributed by atoms with Crippen molar-refractivity contribution in [1.82, 2.24) is 0 Å². The first kappa shape index (κ1) is 15.5. The van der Waals surface area contributed by atoms with E-state index in [4.69, 9.17) is 11.6 Å². The number of aliphatic hydroxyl groups excluding tert-OH is 1. The molecule has 0 aliphatic heterocycles. The van der Waals surface area contributed by atoms with Gasteiger partial charge in [-0.3, -0.25) is 4.99 Å². The molecule has 1 unspecified atom stereocenters. The van der Waals surface area contributed by atoms with Gasteiger partial charge >= 0.3 is 0 Å². The molecule has 110 valence electrons. The van der Waals surface area contributed by atoms with Crippen LogP contribution in [0.5, 0.6) is 5.75 Å². The van der Waals surface area contributed by atoms with Gasteiger partial charge in [0.05, 0.1) is 18.4 Å². The number of aromatic hydroxyl groups is 1. The lowest BCUT2D eigenvalue weighted by molar-refractivity contribution is 0.204. The second kappa shape index (κ2) is 6.70. The van der Waals surface area contributed by atoms with Crippen molar-refractivity contribution < 1.29 is 14.6 Å². The highest BCUT2D eigenvalue weighted by molar-refractivity contribution is 6.30. The highest BCUT2D eigenvalue weighted by atomic mass is 35.5. The normalized spacial score (nSPS) is 13.2. The predicted molar refractivity (Wildman–Crippen MR) is 81.7 cm³/mol. The molecule has 2 rings (SSSR count). The maximum Gasteiger partial charge on any atom is 0.125 e. The van der Waals surface area contributed by atoms with E-state index in [2.05, 4.69) is 4.99 Å². The Morgan fingerprint density at radius 3 is 2.52 bits per heavy atom. The molecule has 21 heavy (non-hydrogen) atoms. The molecule has 0 saturated carbocycles. The second-order valence-electron chi connectivity index (χ2n) is 4.71. The van der Waals surface area contributed by atoms with Gasteiger partial charge in [-0.15, -0.1) is 0 Å². The van der Waals surface area contributed by atoms with E-state index in [1.807, 2.05) is 0 Å². The first-order valence-electron chi connectivity index (χ1n) is 6.44. The molecule has 0 radical (unpaired) electrons. The number of aliphatic hydroxyl groups is 1. The Bertz CT molecular complexity index is 654. The van der Waals surface area contributed by atoms with Crippen LogP contribution < -0.4 is 0 Å². The third kappa shape index (κ3) is 4.03. The van der Waals surface area contributed by atoms with Gasteiger partial charge in [-0.25, -0.2) is 4.39 Å². The molecule has 0 aliphatic rings. The topological polar surface area (TPSA) is 52.8 Å². The summed E-state index contributed by atoms with van der Waals surface area (Å²) >= 11 is 5.86. The quantitative estimate of drug-likeness (QED) is 0.851. The summed E-state index contributed by atoms with van der Waals surface area (Å²) in [6, 6.07) is 10.5. The molecular weight excluding hydrogens is 293 g/mol. The molecule has 0 amide bonds. The van der Waals surface area contributed by atoms with Crippen molar-refractivity contribution in [1.29, 1.82) is 0 Å². The number of phenols is 1. The first-order chi connectivity index (χ1) is 9.97. The Morgan fingerprint density at radius 1 is 1.24 bits per heavy atom. The van der Waals surface area contributed by atoms with Crippen molar-refractivity contribution in [2.24, 2.45) is 4.99 Å². The van der Waals surface area contributed by atoms with Crippen molar-refractivity contribution in [2.75, 3.05) is 6.54 Å². The molecule has 0 heterocycles. The Morgan fingerprint density at radius 2 is 1.90 bits per heavy atom. The fraction of sp³-hybridized carbons (Fsp3) is 0.188. The fourth-order valence-corrected chi connectivity index (χ4v) is 1.99. The van der Waals surface area contributed by atoms with Crippen molar-refractivity contribution in [3.8, 4) is 5.75 Å². The molecule has 5 heteroatoms. The minimum absolute atomic E-state index is 0.0734. The molecule has 0 spiro atoms. The van der Waals surface area contributed by atoms with Gasteiger partial charge in [-0.05, 0) is 37.3 Å². The van der Waals surface area contributed by atoms with Crippen molar-refractivity contribution >= 4 is 17.3 Å². The lowest BCUT2D eigenvalue weighted by Gasteiger charge is -2.11. The summed E-state index contributed by atoms with van der Waals surface area (Å²) < 4.78 is 13.4. The molecule has 3 nitrogen and oxygen atoms in total. The van der Waals surface area contributed by atoms with Crippen LogP contribution in [-0.2, 0) is 0 Å². The van der Waals surface area contributed by atoms with E-state index >= 15 is 0 Å². The highest BCUT2D eigenvalue weighted by Gasteiger charge is 2.13. The van der Waals surface area contributed by atoms with Crippen LogP contribution in [0.2, 0.25) is 5.02 Å². The van der Waals surface area contributed by atoms with E-state index < -0.39 is 11.9 Å². The molecule has 0 aliphatic carbocycles. The van der Waals surface area contributed by atoms with E-state index in [0.717, 1.165) is 0 Å². The number of rotatable bonds is 4. The summed E-state index contributed by atoms with van der Waals surface area (Å²) in [5.74, 6) is -0.544. The number of phenolic OH excluding ortho intramolecular Hbond substituents is 1. The van der Waals surface area contributed by atoms with Gasteiger partial charge in [-0.1, -0.05) is 23.7 Å². The zero-order chi connectivity index (χ0) is 15.4. The number of halogens is 2. The SMILES string of the molecule is CC(O)CN=C(c1ccc(Cl)cc1)c1cc(F)ccc1O. The molecule has 0 fully saturated rings. The Balaban J connectivity index is 2.53. The van der Waals surface area contributed by atoms with Gasteiger partial charge in [-0.2, -0.15) is 0 Å². The van der Waals surface area contributed by atoms with Gasteiger partial charge in [0.1, 0.15) is 11.6 Å². The molecule has 0 saturated heterocycles. The minimum Gasteiger partial charge on any atom is -0.507 e. The zero-order valence-electron chi connectivity index (χ0n) is 11.4. The molecule has 0 aromatic heterocycles. The summed E-state index contributed by atoms with van der Waals surface area (Å²) in [5.41, 5.74) is 1.36. The van der Waals surface area contributed by atoms with Gasteiger partial charge in [0, 0.05) is 16.1 Å². The summed E-state index contributed by atoms with van der Waals surface area (Å²) in [6.45, 7) is 1.75. The van der Waals surface area contributed by atoms with Crippen LogP contribution in [0.4, 0.5) is 4.39 Å². The summed E-state index contributed by atoms with van der Waals surface area (Å²) in [7, 11) is 0. The second-order valence-corrected chi connectivity index (χ2v) is 5.14. The third-order valence-corrected chi connectivity index (χ3v) is 3.10. The average Bonchev–Trinajstić information content (AvgIpc) is 2.44. The fourth-order valence-electron chi connectivity index (χ4n) is 1.86. The van der Waals surface area contributed by atoms with Gasteiger partial charge in [0.15, 0.2) is 0 Å². The van der Waals surface area contributed by atoms with Crippen LogP contribution in [0, 0.1) is 5.82 Å². The van der Waals surface area contributed by atoms with Crippen LogP contribution in [0.15, 0.2) is 47.5 Å². The van der Waals surface area contributed by atoms with E-state index in [0.29, 0.717) is 16.3 Å². The summed E-state index contributed by atoms with van der Waals surface area (Å²) in [5, 5.41) is 19.9. The van der Waals surface area contributed by atoms with E-state index in [9.17, 15) is 14.6 Å². The number of benzene rings is 2. The molecule has 2 aromatic carbocycles. The minimum atomic E-state index is -0.636. The average molecular weight is 308 g/mol. The van der Waals surface area contributed by atoms with Crippen LogP contribution in [0.1, 0.15) is 18.1 Å². The van der Waals surface area contributed by atoms with Crippen LogP contribution in [-0.4, -0.2) is 28.6 Å². The predicted octanol–water partition coefficient (Wildman–Crippen LogP) is 3.40. The van der Waals surface area contributed by atoms with Crippen molar-refractivity contribution in [3.63, 3.8) is 0 Å². The Labute approximate surface area is 127 Å². The maximum atomic E-state index is 13.4. The Kier molecular flexibility index (Phi) is 4.94. The van der Waals surface area contributed by atoms with Gasteiger partial charge in [0.2, 0.25) is 0 Å².